The number of nitrogens with one attached hydrogen (secondary N) is 1. The number of anilines is 1. The van der Waals surface area contributed by atoms with Gasteiger partial charge >= 0.3 is 0 Å². The molecule has 202 valence electrons. The van der Waals surface area contributed by atoms with E-state index in [1.165, 1.54) is 29.2 Å². The number of carbonyl (C=O) groups excluding carboxylic acids is 2. The van der Waals surface area contributed by atoms with Gasteiger partial charge in [-0.05, 0) is 76.6 Å². The largest absolute Gasteiger partial charge is 0.350 e. The van der Waals surface area contributed by atoms with Crippen molar-refractivity contribution in [1.29, 1.82) is 0 Å². The number of hydrogen-bond donors (Lipinski definition) is 1. The summed E-state index contributed by atoms with van der Waals surface area (Å²) in [6.07, 6.45) is 0. The van der Waals surface area contributed by atoms with Gasteiger partial charge in [-0.25, -0.2) is 12.8 Å². The summed E-state index contributed by atoms with van der Waals surface area (Å²) in [5, 5.41) is 2.89. The third-order valence-electron chi connectivity index (χ3n) is 5.83. The standard InChI is InChI=1S/C29H34FN3O4S/c1-21-10-9-11-23(18-21)19-32(22(2)28(35)31-29(3,4)5)27(34)20-33(25-16-14-24(30)15-17-25)38(36,37)26-12-7-6-8-13-26/h6-18,22H,19-20H2,1-5H3,(H,31,35)/t22-/m1/s1. The van der Waals surface area contributed by atoms with Gasteiger partial charge in [0.1, 0.15) is 18.4 Å². The molecule has 1 N–H and O–H groups in total. The Morgan fingerprint density at radius 2 is 1.58 bits per heavy atom. The van der Waals surface area contributed by atoms with Gasteiger partial charge in [0.2, 0.25) is 11.8 Å². The molecule has 3 aromatic carbocycles. The van der Waals surface area contributed by atoms with Crippen LogP contribution in [0.4, 0.5) is 10.1 Å². The highest BCUT2D eigenvalue weighted by Gasteiger charge is 2.33. The summed E-state index contributed by atoms with van der Waals surface area (Å²) in [5.74, 6) is -1.48. The van der Waals surface area contributed by atoms with E-state index >= 15 is 0 Å². The Balaban J connectivity index is 2.02. The Morgan fingerprint density at radius 3 is 2.16 bits per heavy atom. The first kappa shape index (κ1) is 28.8. The lowest BCUT2D eigenvalue weighted by atomic mass is 10.1. The SMILES string of the molecule is Cc1cccc(CN(C(=O)CN(c2ccc(F)cc2)S(=O)(=O)c2ccccc2)[C@H](C)C(=O)NC(C)(C)C)c1. The van der Waals surface area contributed by atoms with Crippen molar-refractivity contribution in [3.05, 3.63) is 95.8 Å². The fourth-order valence-electron chi connectivity index (χ4n) is 3.92. The second-order valence-electron chi connectivity index (χ2n) is 10.2. The van der Waals surface area contributed by atoms with Gasteiger partial charge in [0, 0.05) is 12.1 Å². The number of rotatable bonds is 9. The lowest BCUT2D eigenvalue weighted by Gasteiger charge is -2.33. The molecule has 0 saturated carbocycles. The van der Waals surface area contributed by atoms with Crippen molar-refractivity contribution in [2.75, 3.05) is 10.8 Å². The minimum absolute atomic E-state index is 0.0131. The highest BCUT2D eigenvalue weighted by atomic mass is 32.2. The molecule has 0 unspecified atom stereocenters. The van der Waals surface area contributed by atoms with E-state index in [0.717, 1.165) is 27.6 Å². The third kappa shape index (κ3) is 7.41. The van der Waals surface area contributed by atoms with Crippen LogP contribution >= 0.6 is 0 Å². The van der Waals surface area contributed by atoms with Crippen molar-refractivity contribution in [3.8, 4) is 0 Å². The van der Waals surface area contributed by atoms with Crippen LogP contribution in [0.25, 0.3) is 0 Å². The molecular formula is C29H34FN3O4S. The predicted octanol–water partition coefficient (Wildman–Crippen LogP) is 4.66. The summed E-state index contributed by atoms with van der Waals surface area (Å²) in [6, 6.07) is 19.3. The molecule has 0 aliphatic heterocycles. The molecule has 3 rings (SSSR count). The summed E-state index contributed by atoms with van der Waals surface area (Å²) >= 11 is 0. The van der Waals surface area contributed by atoms with Crippen molar-refractivity contribution < 1.29 is 22.4 Å². The molecule has 0 aliphatic rings. The normalized spacial score (nSPS) is 12.5. The molecule has 0 aliphatic carbocycles. The van der Waals surface area contributed by atoms with Crippen LogP contribution in [0.1, 0.15) is 38.8 Å². The molecule has 0 aromatic heterocycles. The molecule has 1 atom stereocenters. The zero-order valence-electron chi connectivity index (χ0n) is 22.3. The Labute approximate surface area is 224 Å². The second kappa shape index (κ2) is 11.8. The number of sulfonamides is 1. The Bertz CT molecular complexity index is 1370. The van der Waals surface area contributed by atoms with Gasteiger partial charge in [-0.15, -0.1) is 0 Å². The van der Waals surface area contributed by atoms with E-state index in [0.29, 0.717) is 0 Å². The zero-order chi connectivity index (χ0) is 28.1. The van der Waals surface area contributed by atoms with Gasteiger partial charge < -0.3 is 10.2 Å². The first-order chi connectivity index (χ1) is 17.8. The fraction of sp³-hybridized carbons (Fsp3) is 0.310. The van der Waals surface area contributed by atoms with Crippen molar-refractivity contribution >= 4 is 27.5 Å². The lowest BCUT2D eigenvalue weighted by molar-refractivity contribution is -0.140. The van der Waals surface area contributed by atoms with Crippen LogP contribution in [0.5, 0.6) is 0 Å². The summed E-state index contributed by atoms with van der Waals surface area (Å²) in [5.41, 5.74) is 1.39. The monoisotopic (exact) mass is 539 g/mol. The predicted molar refractivity (Wildman–Crippen MR) is 146 cm³/mol. The summed E-state index contributed by atoms with van der Waals surface area (Å²) < 4.78 is 41.9. The highest BCUT2D eigenvalue weighted by molar-refractivity contribution is 7.92. The van der Waals surface area contributed by atoms with Gasteiger partial charge in [-0.1, -0.05) is 48.0 Å². The topological polar surface area (TPSA) is 86.8 Å². The van der Waals surface area contributed by atoms with E-state index in [1.54, 1.807) is 25.1 Å². The lowest BCUT2D eigenvalue weighted by Crippen LogP contribution is -2.54. The van der Waals surface area contributed by atoms with E-state index in [1.807, 2.05) is 52.0 Å². The van der Waals surface area contributed by atoms with Gasteiger partial charge in [0.05, 0.1) is 10.6 Å². The van der Waals surface area contributed by atoms with Crippen molar-refractivity contribution in [2.45, 2.75) is 57.6 Å². The van der Waals surface area contributed by atoms with E-state index in [4.69, 9.17) is 0 Å². The molecule has 3 aromatic rings. The minimum Gasteiger partial charge on any atom is -0.350 e. The number of nitrogens with zero attached hydrogens (tertiary/aromatic N) is 2. The Kier molecular flexibility index (Phi) is 8.93. The molecule has 38 heavy (non-hydrogen) atoms. The number of aryl methyl sites for hydroxylation is 1. The second-order valence-corrected chi connectivity index (χ2v) is 12.1. The van der Waals surface area contributed by atoms with Crippen LogP contribution in [0.3, 0.4) is 0 Å². The third-order valence-corrected chi connectivity index (χ3v) is 7.61. The van der Waals surface area contributed by atoms with Crippen LogP contribution in [0.15, 0.2) is 83.8 Å². The van der Waals surface area contributed by atoms with Crippen molar-refractivity contribution in [1.82, 2.24) is 10.2 Å². The fourth-order valence-corrected chi connectivity index (χ4v) is 5.35. The van der Waals surface area contributed by atoms with Gasteiger partial charge in [-0.2, -0.15) is 0 Å². The van der Waals surface area contributed by atoms with Gasteiger partial charge in [0.15, 0.2) is 0 Å². The van der Waals surface area contributed by atoms with Crippen molar-refractivity contribution in [2.24, 2.45) is 0 Å². The van der Waals surface area contributed by atoms with Crippen LogP contribution in [0.2, 0.25) is 0 Å². The minimum atomic E-state index is -4.19. The van der Waals surface area contributed by atoms with Crippen LogP contribution in [-0.4, -0.2) is 43.3 Å². The van der Waals surface area contributed by atoms with E-state index in [9.17, 15) is 22.4 Å². The maximum absolute atomic E-state index is 13.8. The van der Waals surface area contributed by atoms with Crippen LogP contribution < -0.4 is 9.62 Å². The number of halogens is 1. The van der Waals surface area contributed by atoms with E-state index in [-0.39, 0.29) is 23.0 Å². The first-order valence-electron chi connectivity index (χ1n) is 12.3. The maximum atomic E-state index is 13.8. The number of amides is 2. The summed E-state index contributed by atoms with van der Waals surface area (Å²) in [6.45, 7) is 8.58. The summed E-state index contributed by atoms with van der Waals surface area (Å²) in [4.78, 5) is 28.3. The molecule has 0 spiro atoms. The molecule has 0 heterocycles. The zero-order valence-corrected chi connectivity index (χ0v) is 23.1. The molecule has 7 nitrogen and oxygen atoms in total. The highest BCUT2D eigenvalue weighted by Crippen LogP contribution is 2.25. The molecule has 2 amide bonds. The van der Waals surface area contributed by atoms with Crippen LogP contribution in [-0.2, 0) is 26.2 Å². The number of benzene rings is 3. The Morgan fingerprint density at radius 1 is 0.947 bits per heavy atom. The quantitative estimate of drug-likeness (QED) is 0.429. The van der Waals surface area contributed by atoms with E-state index in [2.05, 4.69) is 5.32 Å². The maximum Gasteiger partial charge on any atom is 0.264 e. The average Bonchev–Trinajstić information content (AvgIpc) is 2.85. The number of carbonyl (C=O) groups is 2. The first-order valence-corrected chi connectivity index (χ1v) is 13.7. The van der Waals surface area contributed by atoms with Gasteiger partial charge in [-0.3, -0.25) is 13.9 Å². The molecule has 0 fully saturated rings. The molecule has 0 saturated heterocycles. The van der Waals surface area contributed by atoms with Crippen LogP contribution in [0, 0.1) is 12.7 Å². The van der Waals surface area contributed by atoms with E-state index < -0.39 is 39.9 Å². The average molecular weight is 540 g/mol. The Hall–Kier alpha value is -3.72. The summed E-state index contributed by atoms with van der Waals surface area (Å²) in [7, 11) is -4.19. The molecule has 0 radical (unpaired) electrons. The van der Waals surface area contributed by atoms with Crippen molar-refractivity contribution in [3.63, 3.8) is 0 Å². The number of hydrogen-bond acceptors (Lipinski definition) is 4. The smallest absolute Gasteiger partial charge is 0.264 e. The van der Waals surface area contributed by atoms with Gasteiger partial charge in [0.25, 0.3) is 10.0 Å². The molecular weight excluding hydrogens is 505 g/mol. The molecule has 0 bridgehead atoms. The molecule has 9 heteroatoms.